The van der Waals surface area contributed by atoms with Gasteiger partial charge in [0.2, 0.25) is 21.8 Å². The molecule has 0 heterocycles. The Labute approximate surface area is 207 Å². The van der Waals surface area contributed by atoms with E-state index in [1.807, 2.05) is 13.8 Å². The molecule has 0 saturated heterocycles. The van der Waals surface area contributed by atoms with E-state index in [1.165, 1.54) is 24.1 Å². The summed E-state index contributed by atoms with van der Waals surface area (Å²) in [6.45, 7) is 5.14. The number of carbonyl (C=O) groups excluding carboxylic acids is 2. The fourth-order valence-corrected chi connectivity index (χ4v) is 4.40. The Balaban J connectivity index is 2.44. The van der Waals surface area contributed by atoms with Crippen LogP contribution in [0.4, 0.5) is 10.1 Å². The molecular formula is C25H34FN3O5S. The maximum Gasteiger partial charge on any atom is 0.244 e. The van der Waals surface area contributed by atoms with Crippen LogP contribution in [0.2, 0.25) is 0 Å². The first kappa shape index (κ1) is 28.1. The molecule has 8 nitrogen and oxygen atoms in total. The number of hydrogen-bond donors (Lipinski definition) is 1. The summed E-state index contributed by atoms with van der Waals surface area (Å²) >= 11 is 0. The predicted octanol–water partition coefficient (Wildman–Crippen LogP) is 3.32. The molecule has 0 bridgehead atoms. The summed E-state index contributed by atoms with van der Waals surface area (Å²) in [5.74, 6) is -0.809. The number of sulfonamides is 1. The Morgan fingerprint density at radius 3 is 2.29 bits per heavy atom. The highest BCUT2D eigenvalue weighted by molar-refractivity contribution is 7.92. The summed E-state index contributed by atoms with van der Waals surface area (Å²) in [6, 6.07) is 11.0. The van der Waals surface area contributed by atoms with Gasteiger partial charge in [-0.1, -0.05) is 26.0 Å². The van der Waals surface area contributed by atoms with E-state index in [4.69, 9.17) is 4.74 Å². The van der Waals surface area contributed by atoms with E-state index in [0.29, 0.717) is 12.2 Å². The lowest BCUT2D eigenvalue weighted by Gasteiger charge is -2.33. The second-order valence-electron chi connectivity index (χ2n) is 8.36. The fraction of sp³-hybridized carbons (Fsp3) is 0.440. The van der Waals surface area contributed by atoms with E-state index in [1.54, 1.807) is 31.2 Å². The number of methoxy groups -OCH3 is 1. The molecule has 1 N–H and O–H groups in total. The van der Waals surface area contributed by atoms with Crippen molar-refractivity contribution >= 4 is 27.5 Å². The molecular weight excluding hydrogens is 473 g/mol. The van der Waals surface area contributed by atoms with Crippen molar-refractivity contribution in [3.05, 3.63) is 59.9 Å². The van der Waals surface area contributed by atoms with Gasteiger partial charge in [-0.2, -0.15) is 0 Å². The summed E-state index contributed by atoms with van der Waals surface area (Å²) in [6.07, 6.45) is 2.02. The second kappa shape index (κ2) is 12.5. The zero-order chi connectivity index (χ0) is 26.2. The third-order valence-corrected chi connectivity index (χ3v) is 6.81. The standard InChI is InChI=1S/C25H34FN3O5S/c1-6-18(3)27-25(31)23(7-2)28(16-19-9-8-10-22(15-19)34-4)24(30)17-29(35(5,32)33)21-13-11-20(26)12-14-21/h8-15,18,23H,6-7,16-17H2,1-5H3,(H,27,31)/t18-,23+/m0/s1. The number of ether oxygens (including phenoxy) is 1. The second-order valence-corrected chi connectivity index (χ2v) is 10.3. The van der Waals surface area contributed by atoms with Gasteiger partial charge in [0.05, 0.1) is 19.1 Å². The minimum absolute atomic E-state index is 0.0729. The Bertz CT molecular complexity index is 1110. The Hall–Kier alpha value is -3.14. The topological polar surface area (TPSA) is 96.0 Å². The number of nitrogens with one attached hydrogen (secondary N) is 1. The summed E-state index contributed by atoms with van der Waals surface area (Å²) in [4.78, 5) is 28.1. The zero-order valence-electron chi connectivity index (χ0n) is 20.8. The lowest BCUT2D eigenvalue weighted by molar-refractivity contribution is -0.140. The van der Waals surface area contributed by atoms with Gasteiger partial charge < -0.3 is 15.0 Å². The van der Waals surface area contributed by atoms with Gasteiger partial charge in [0.25, 0.3) is 0 Å². The van der Waals surface area contributed by atoms with Gasteiger partial charge in [-0.15, -0.1) is 0 Å². The lowest BCUT2D eigenvalue weighted by atomic mass is 10.1. The smallest absolute Gasteiger partial charge is 0.244 e. The van der Waals surface area contributed by atoms with E-state index in [2.05, 4.69) is 5.32 Å². The SMILES string of the molecule is CC[C@H](C(=O)N[C@@H](C)CC)N(Cc1cccc(OC)c1)C(=O)CN(c1ccc(F)cc1)S(C)(=O)=O. The average Bonchev–Trinajstić information content (AvgIpc) is 2.82. The Morgan fingerprint density at radius 1 is 1.09 bits per heavy atom. The molecule has 2 atom stereocenters. The number of benzene rings is 2. The van der Waals surface area contributed by atoms with Gasteiger partial charge in [0, 0.05) is 12.6 Å². The van der Waals surface area contributed by atoms with E-state index >= 15 is 0 Å². The van der Waals surface area contributed by atoms with Gasteiger partial charge in [-0.3, -0.25) is 13.9 Å². The maximum atomic E-state index is 13.6. The highest BCUT2D eigenvalue weighted by atomic mass is 32.2. The van der Waals surface area contributed by atoms with Crippen LogP contribution in [0, 0.1) is 5.82 Å². The zero-order valence-corrected chi connectivity index (χ0v) is 21.6. The molecule has 0 aliphatic rings. The van der Waals surface area contributed by atoms with Crippen molar-refractivity contribution in [2.24, 2.45) is 0 Å². The van der Waals surface area contributed by atoms with E-state index in [0.717, 1.165) is 34.7 Å². The van der Waals surface area contributed by atoms with Gasteiger partial charge in [0.15, 0.2) is 0 Å². The highest BCUT2D eigenvalue weighted by Gasteiger charge is 2.32. The molecule has 0 aliphatic carbocycles. The molecule has 0 spiro atoms. The Kier molecular flexibility index (Phi) is 10.1. The first-order chi connectivity index (χ1) is 16.5. The van der Waals surface area contributed by atoms with Gasteiger partial charge in [-0.25, -0.2) is 12.8 Å². The van der Waals surface area contributed by atoms with Gasteiger partial charge in [0.1, 0.15) is 24.2 Å². The van der Waals surface area contributed by atoms with Crippen LogP contribution in [0.3, 0.4) is 0 Å². The van der Waals surface area contributed by atoms with Crippen LogP contribution in [0.25, 0.3) is 0 Å². The molecule has 0 aliphatic heterocycles. The quantitative estimate of drug-likeness (QED) is 0.476. The number of anilines is 1. The van der Waals surface area contributed by atoms with Crippen LogP contribution in [-0.2, 0) is 26.2 Å². The Morgan fingerprint density at radius 2 is 1.74 bits per heavy atom. The van der Waals surface area contributed by atoms with Gasteiger partial charge >= 0.3 is 0 Å². The number of nitrogens with zero attached hydrogens (tertiary/aromatic N) is 2. The number of halogens is 1. The molecule has 0 unspecified atom stereocenters. The highest BCUT2D eigenvalue weighted by Crippen LogP contribution is 2.21. The van der Waals surface area contributed by atoms with Crippen LogP contribution in [0.1, 0.15) is 39.2 Å². The van der Waals surface area contributed by atoms with Crippen LogP contribution < -0.4 is 14.4 Å². The number of rotatable bonds is 12. The number of carbonyl (C=O) groups is 2. The first-order valence-corrected chi connectivity index (χ1v) is 13.3. The van der Waals surface area contributed by atoms with Gasteiger partial charge in [-0.05, 0) is 61.7 Å². The number of amides is 2. The van der Waals surface area contributed by atoms with Crippen molar-refractivity contribution in [2.45, 2.75) is 52.2 Å². The van der Waals surface area contributed by atoms with E-state index in [-0.39, 0.29) is 24.2 Å². The van der Waals surface area contributed by atoms with Crippen molar-refractivity contribution in [2.75, 3.05) is 24.2 Å². The largest absolute Gasteiger partial charge is 0.497 e. The molecule has 10 heteroatoms. The van der Waals surface area contributed by atoms with Crippen LogP contribution in [-0.4, -0.2) is 57.1 Å². The molecule has 0 saturated carbocycles. The van der Waals surface area contributed by atoms with Crippen LogP contribution in [0.5, 0.6) is 5.75 Å². The van der Waals surface area contributed by atoms with Crippen LogP contribution in [0.15, 0.2) is 48.5 Å². The molecule has 35 heavy (non-hydrogen) atoms. The normalized spacial score (nSPS) is 13.0. The van der Waals surface area contributed by atoms with Crippen molar-refractivity contribution in [3.8, 4) is 5.75 Å². The van der Waals surface area contributed by atoms with E-state index < -0.39 is 34.3 Å². The van der Waals surface area contributed by atoms with E-state index in [9.17, 15) is 22.4 Å². The van der Waals surface area contributed by atoms with Crippen molar-refractivity contribution in [3.63, 3.8) is 0 Å². The minimum atomic E-state index is -3.88. The average molecular weight is 508 g/mol. The predicted molar refractivity (Wildman–Crippen MR) is 134 cm³/mol. The molecule has 2 aromatic carbocycles. The third-order valence-electron chi connectivity index (χ3n) is 5.67. The monoisotopic (exact) mass is 507 g/mol. The van der Waals surface area contributed by atoms with Crippen LogP contribution >= 0.6 is 0 Å². The molecule has 2 rings (SSSR count). The van der Waals surface area contributed by atoms with Crippen molar-refractivity contribution in [1.29, 1.82) is 0 Å². The summed E-state index contributed by atoms with van der Waals surface area (Å²) in [5, 5.41) is 2.91. The number of hydrogen-bond acceptors (Lipinski definition) is 5. The molecule has 2 amide bonds. The molecule has 2 aromatic rings. The summed E-state index contributed by atoms with van der Waals surface area (Å²) in [5.41, 5.74) is 0.876. The molecule has 0 fully saturated rings. The molecule has 0 aromatic heterocycles. The summed E-state index contributed by atoms with van der Waals surface area (Å²) < 4.78 is 44.7. The maximum absolute atomic E-state index is 13.6. The van der Waals surface area contributed by atoms with Crippen molar-refractivity contribution < 1.29 is 27.1 Å². The third kappa shape index (κ3) is 7.95. The molecule has 192 valence electrons. The minimum Gasteiger partial charge on any atom is -0.497 e. The van der Waals surface area contributed by atoms with Crippen molar-refractivity contribution in [1.82, 2.24) is 10.2 Å². The molecule has 0 radical (unpaired) electrons. The lowest BCUT2D eigenvalue weighted by Crippen LogP contribution is -2.53. The first-order valence-electron chi connectivity index (χ1n) is 11.5. The fourth-order valence-electron chi connectivity index (χ4n) is 3.55. The summed E-state index contributed by atoms with van der Waals surface area (Å²) in [7, 11) is -2.34.